The van der Waals surface area contributed by atoms with Crippen molar-refractivity contribution in [2.24, 2.45) is 0 Å². The highest BCUT2D eigenvalue weighted by Crippen LogP contribution is 2.52. The molecule has 2 aliphatic rings. The molecule has 0 spiro atoms. The Balaban J connectivity index is 0.999. The van der Waals surface area contributed by atoms with E-state index in [2.05, 4.69) is 306 Å². The van der Waals surface area contributed by atoms with Crippen LogP contribution >= 0.6 is 0 Å². The number of hydrogen-bond acceptors (Lipinski definition) is 5. The fourth-order valence-electron chi connectivity index (χ4n) is 13.4. The fourth-order valence-corrected chi connectivity index (χ4v) is 13.4. The second-order valence-corrected chi connectivity index (χ2v) is 21.9. The van der Waals surface area contributed by atoms with Crippen molar-refractivity contribution in [3.05, 3.63) is 303 Å². The summed E-state index contributed by atoms with van der Waals surface area (Å²) in [6.07, 6.45) is 0. The number of rotatable bonds is 9. The van der Waals surface area contributed by atoms with Gasteiger partial charge in [0.25, 0.3) is 6.71 Å². The van der Waals surface area contributed by atoms with Gasteiger partial charge < -0.3 is 23.5 Å². The summed E-state index contributed by atoms with van der Waals surface area (Å²) in [5.74, 6) is 0. The molecule has 0 saturated carbocycles. The number of nitrogens with zero attached hydrogens (tertiary/aromatic N) is 3. The molecule has 392 valence electrons. The summed E-state index contributed by atoms with van der Waals surface area (Å²) in [5.41, 5.74) is 25.4. The van der Waals surface area contributed by atoms with Gasteiger partial charge in [-0.1, -0.05) is 231 Å². The SMILES string of the molecule is c1ccc(-c2ccc(N3c4ccc(-c5ccccc5)cc4B4c5cc(-c6ccccc6)ccc5N(c5ccc(-c6ccccc6)cc5)c5cc(N(c6cccc7c6oc6ccccc67)c6cccc7c6oc6ccccc67)cc3c54)cc2)cc1. The molecule has 0 bridgehead atoms. The number of para-hydroxylation sites is 4. The first-order chi connectivity index (χ1) is 41.7. The van der Waals surface area contributed by atoms with Crippen molar-refractivity contribution >= 4 is 118 Å². The van der Waals surface area contributed by atoms with Gasteiger partial charge >= 0.3 is 0 Å². The average Bonchev–Trinajstić information content (AvgIpc) is 1.16. The lowest BCUT2D eigenvalue weighted by molar-refractivity contribution is 0.666. The van der Waals surface area contributed by atoms with E-state index in [9.17, 15) is 0 Å². The standard InChI is InChI=1S/C78H50BN3O2/c1-5-19-51(20-6-1)55-35-41-59(42-36-55)80-68-45-39-57(53-23-9-3-10-24-53)47-66(68)79-67-48-58(54-25-11-4-12-26-54)40-46-69(67)81(60-43-37-56(38-44-60)52-21-7-2-8-22-52)73-50-61(49-72(80)76(73)79)82(70-31-17-29-64-62-27-13-15-33-74(62)83-77(64)70)71-32-18-30-65-63-28-14-16-34-75(63)84-78(65)71/h1-50H. The zero-order valence-corrected chi connectivity index (χ0v) is 45.6. The van der Waals surface area contributed by atoms with Crippen LogP contribution in [0.4, 0.5) is 51.2 Å². The third-order valence-electron chi connectivity index (χ3n) is 17.2. The van der Waals surface area contributed by atoms with Crippen LogP contribution in [0, 0.1) is 0 Å². The molecule has 0 radical (unpaired) electrons. The normalized spacial score (nSPS) is 12.5. The van der Waals surface area contributed by atoms with Crippen LogP contribution < -0.4 is 31.1 Å². The maximum atomic E-state index is 7.05. The van der Waals surface area contributed by atoms with Gasteiger partial charge in [-0.2, -0.15) is 0 Å². The van der Waals surface area contributed by atoms with Crippen LogP contribution in [-0.2, 0) is 0 Å². The molecule has 84 heavy (non-hydrogen) atoms. The van der Waals surface area contributed by atoms with Gasteiger partial charge in [-0.3, -0.25) is 0 Å². The highest BCUT2D eigenvalue weighted by atomic mass is 16.3. The quantitative estimate of drug-likeness (QED) is 0.135. The van der Waals surface area contributed by atoms with Crippen molar-refractivity contribution in [1.29, 1.82) is 0 Å². The summed E-state index contributed by atoms with van der Waals surface area (Å²) in [5, 5.41) is 4.20. The Morgan fingerprint density at radius 2 is 0.619 bits per heavy atom. The summed E-state index contributed by atoms with van der Waals surface area (Å²) in [6, 6.07) is 110. The molecule has 0 amide bonds. The number of furan rings is 2. The Morgan fingerprint density at radius 1 is 0.274 bits per heavy atom. The molecule has 4 heterocycles. The molecule has 2 aromatic heterocycles. The van der Waals surface area contributed by atoms with Crippen LogP contribution in [0.3, 0.4) is 0 Å². The third-order valence-corrected chi connectivity index (χ3v) is 17.2. The smallest absolute Gasteiger partial charge is 0.252 e. The van der Waals surface area contributed by atoms with Gasteiger partial charge in [0.05, 0.1) is 17.1 Å². The van der Waals surface area contributed by atoms with Crippen molar-refractivity contribution < 1.29 is 8.83 Å². The van der Waals surface area contributed by atoms with Crippen LogP contribution in [0.2, 0.25) is 0 Å². The van der Waals surface area contributed by atoms with E-state index in [1.807, 2.05) is 12.1 Å². The molecule has 0 aliphatic carbocycles. The second-order valence-electron chi connectivity index (χ2n) is 21.9. The molecule has 2 aliphatic heterocycles. The third kappa shape index (κ3) is 7.65. The van der Waals surface area contributed by atoms with Crippen molar-refractivity contribution in [3.63, 3.8) is 0 Å². The van der Waals surface area contributed by atoms with Gasteiger partial charge in [-0.15, -0.1) is 0 Å². The number of hydrogen-bond donors (Lipinski definition) is 0. The predicted octanol–water partition coefficient (Wildman–Crippen LogP) is 19.7. The van der Waals surface area contributed by atoms with Gasteiger partial charge in [-0.25, -0.2) is 0 Å². The molecular weight excluding hydrogens is 1020 g/mol. The van der Waals surface area contributed by atoms with Gasteiger partial charge in [0.2, 0.25) is 0 Å². The molecule has 13 aromatic carbocycles. The van der Waals surface area contributed by atoms with E-state index in [1.165, 1.54) is 49.8 Å². The minimum absolute atomic E-state index is 0.188. The molecule has 0 fully saturated rings. The summed E-state index contributed by atoms with van der Waals surface area (Å²) in [4.78, 5) is 7.42. The minimum atomic E-state index is -0.188. The van der Waals surface area contributed by atoms with Crippen molar-refractivity contribution in [2.45, 2.75) is 0 Å². The van der Waals surface area contributed by atoms with E-state index in [1.54, 1.807) is 0 Å². The Morgan fingerprint density at radius 3 is 1.04 bits per heavy atom. The molecular formula is C78H50BN3O2. The monoisotopic (exact) mass is 1070 g/mol. The van der Waals surface area contributed by atoms with Crippen LogP contribution in [0.15, 0.2) is 312 Å². The molecule has 5 nitrogen and oxygen atoms in total. The zero-order valence-electron chi connectivity index (χ0n) is 45.6. The summed E-state index contributed by atoms with van der Waals surface area (Å²) < 4.78 is 14.1. The number of anilines is 9. The molecule has 0 saturated heterocycles. The summed E-state index contributed by atoms with van der Waals surface area (Å²) in [7, 11) is 0. The molecule has 0 N–H and O–H groups in total. The van der Waals surface area contributed by atoms with E-state index in [0.717, 1.165) is 106 Å². The Labute approximate surface area is 486 Å². The summed E-state index contributed by atoms with van der Waals surface area (Å²) in [6.45, 7) is -0.188. The van der Waals surface area contributed by atoms with Crippen molar-refractivity contribution in [2.75, 3.05) is 14.7 Å². The fraction of sp³-hybridized carbons (Fsp3) is 0. The second kappa shape index (κ2) is 19.3. The lowest BCUT2D eigenvalue weighted by atomic mass is 9.33. The van der Waals surface area contributed by atoms with E-state index in [-0.39, 0.29) is 6.71 Å². The molecule has 17 rings (SSSR count). The van der Waals surface area contributed by atoms with Crippen LogP contribution in [0.5, 0.6) is 0 Å². The van der Waals surface area contributed by atoms with Crippen molar-refractivity contribution in [3.8, 4) is 44.5 Å². The highest BCUT2D eigenvalue weighted by Gasteiger charge is 2.45. The average molecular weight is 1070 g/mol. The lowest BCUT2D eigenvalue weighted by Gasteiger charge is -2.45. The van der Waals surface area contributed by atoms with Crippen molar-refractivity contribution in [1.82, 2.24) is 0 Å². The Hall–Kier alpha value is -11.1. The predicted molar refractivity (Wildman–Crippen MR) is 351 cm³/mol. The topological polar surface area (TPSA) is 36.0 Å². The van der Waals surface area contributed by atoms with Gasteiger partial charge in [0, 0.05) is 55.7 Å². The van der Waals surface area contributed by atoms with E-state index < -0.39 is 0 Å². The van der Waals surface area contributed by atoms with Gasteiger partial charge in [0.15, 0.2) is 11.2 Å². The largest absolute Gasteiger partial charge is 0.454 e. The lowest BCUT2D eigenvalue weighted by Crippen LogP contribution is -2.61. The molecule has 6 heteroatoms. The highest BCUT2D eigenvalue weighted by molar-refractivity contribution is 7.00. The van der Waals surface area contributed by atoms with E-state index >= 15 is 0 Å². The van der Waals surface area contributed by atoms with Crippen LogP contribution in [0.25, 0.3) is 88.4 Å². The first kappa shape index (κ1) is 47.7. The van der Waals surface area contributed by atoms with E-state index in [4.69, 9.17) is 8.83 Å². The maximum Gasteiger partial charge on any atom is 0.252 e. The first-order valence-corrected chi connectivity index (χ1v) is 28.8. The van der Waals surface area contributed by atoms with Gasteiger partial charge in [-0.05, 0) is 134 Å². The number of benzene rings is 13. The van der Waals surface area contributed by atoms with Crippen LogP contribution in [-0.4, -0.2) is 6.71 Å². The van der Waals surface area contributed by atoms with E-state index in [0.29, 0.717) is 0 Å². The maximum absolute atomic E-state index is 7.05. The Kier molecular flexibility index (Phi) is 11.0. The van der Waals surface area contributed by atoms with Crippen LogP contribution in [0.1, 0.15) is 0 Å². The minimum Gasteiger partial charge on any atom is -0.454 e. The zero-order chi connectivity index (χ0) is 55.2. The molecule has 15 aromatic rings. The number of fused-ring (bicyclic) bond motifs is 10. The molecule has 0 unspecified atom stereocenters. The Bertz CT molecular complexity index is 4710. The summed E-state index contributed by atoms with van der Waals surface area (Å²) >= 11 is 0. The first-order valence-electron chi connectivity index (χ1n) is 28.8. The molecule has 0 atom stereocenters. The van der Waals surface area contributed by atoms with Gasteiger partial charge in [0.1, 0.15) is 11.2 Å².